The molecular weight excluding hydrogens is 188 g/mol. The van der Waals surface area contributed by atoms with E-state index in [4.69, 9.17) is 25.5 Å². The highest BCUT2D eigenvalue weighted by atomic mass is 16.3. The Balaban J connectivity index is 0.000000255. The van der Waals surface area contributed by atoms with Crippen molar-refractivity contribution in [3.8, 4) is 0 Å². The molecule has 1 aliphatic carbocycles. The van der Waals surface area contributed by atoms with E-state index in [1.165, 1.54) is 0 Å². The van der Waals surface area contributed by atoms with Gasteiger partial charge in [-0.2, -0.15) is 0 Å². The Morgan fingerprint density at radius 1 is 0.857 bits per heavy atom. The van der Waals surface area contributed by atoms with Crippen LogP contribution in [0.3, 0.4) is 0 Å². The molecular formula is C9H20O5. The third-order valence-corrected chi connectivity index (χ3v) is 2.09. The van der Waals surface area contributed by atoms with Crippen molar-refractivity contribution in [3.05, 3.63) is 0 Å². The van der Waals surface area contributed by atoms with Crippen LogP contribution >= 0.6 is 0 Å². The fraction of sp³-hybridized carbons (Fsp3) is 1.00. The highest BCUT2D eigenvalue weighted by molar-refractivity contribution is 4.69. The Morgan fingerprint density at radius 3 is 1.29 bits per heavy atom. The van der Waals surface area contributed by atoms with Gasteiger partial charge in [0, 0.05) is 0 Å². The second-order valence-corrected chi connectivity index (χ2v) is 3.48. The van der Waals surface area contributed by atoms with Crippen LogP contribution in [-0.4, -0.2) is 57.1 Å². The molecule has 0 heterocycles. The van der Waals surface area contributed by atoms with E-state index in [1.54, 1.807) is 0 Å². The van der Waals surface area contributed by atoms with E-state index in [0.717, 1.165) is 25.7 Å². The van der Waals surface area contributed by atoms with E-state index in [-0.39, 0.29) is 25.4 Å². The van der Waals surface area contributed by atoms with Crippen molar-refractivity contribution in [2.45, 2.75) is 44.0 Å². The fourth-order valence-corrected chi connectivity index (χ4v) is 1.12. The minimum Gasteiger partial charge on any atom is -0.394 e. The summed E-state index contributed by atoms with van der Waals surface area (Å²) in [4.78, 5) is 0. The van der Waals surface area contributed by atoms with E-state index >= 15 is 0 Å². The molecule has 5 nitrogen and oxygen atoms in total. The molecule has 0 aromatic rings. The molecule has 0 amide bonds. The number of rotatable bonds is 2. The fourth-order valence-electron chi connectivity index (χ4n) is 1.12. The lowest BCUT2D eigenvalue weighted by atomic mass is 9.95. The molecule has 5 heteroatoms. The zero-order chi connectivity index (χ0) is 11.0. The molecule has 0 radical (unpaired) electrons. The normalized spacial score (nSPS) is 27.0. The van der Waals surface area contributed by atoms with Crippen LogP contribution in [0.2, 0.25) is 0 Å². The van der Waals surface area contributed by atoms with Gasteiger partial charge >= 0.3 is 0 Å². The van der Waals surface area contributed by atoms with E-state index in [0.29, 0.717) is 0 Å². The van der Waals surface area contributed by atoms with Gasteiger partial charge in [0.1, 0.15) is 6.10 Å². The van der Waals surface area contributed by atoms with E-state index in [1.807, 2.05) is 0 Å². The van der Waals surface area contributed by atoms with Crippen molar-refractivity contribution >= 4 is 0 Å². The minimum atomic E-state index is -0.954. The monoisotopic (exact) mass is 208 g/mol. The topological polar surface area (TPSA) is 101 Å². The number of hydrogen-bond donors (Lipinski definition) is 5. The second-order valence-electron chi connectivity index (χ2n) is 3.48. The van der Waals surface area contributed by atoms with Gasteiger partial charge in [-0.25, -0.2) is 0 Å². The van der Waals surface area contributed by atoms with Crippen LogP contribution in [-0.2, 0) is 0 Å². The van der Waals surface area contributed by atoms with Crippen LogP contribution in [0.25, 0.3) is 0 Å². The summed E-state index contributed by atoms with van der Waals surface area (Å²) in [6.07, 6.45) is 1.88. The molecule has 86 valence electrons. The summed E-state index contributed by atoms with van der Waals surface area (Å²) in [5, 5.41) is 41.8. The Morgan fingerprint density at radius 2 is 1.14 bits per heavy atom. The van der Waals surface area contributed by atoms with E-state index in [9.17, 15) is 0 Å². The number of aliphatic hydroxyl groups excluding tert-OH is 5. The average molecular weight is 208 g/mol. The summed E-state index contributed by atoms with van der Waals surface area (Å²) >= 11 is 0. The van der Waals surface area contributed by atoms with Crippen LogP contribution in [0.1, 0.15) is 25.7 Å². The Labute approximate surface area is 83.6 Å². The zero-order valence-corrected chi connectivity index (χ0v) is 8.21. The first-order valence-corrected chi connectivity index (χ1v) is 4.86. The van der Waals surface area contributed by atoms with Crippen LogP contribution in [0, 0.1) is 0 Å². The number of hydrogen-bond acceptors (Lipinski definition) is 5. The first-order chi connectivity index (χ1) is 6.60. The van der Waals surface area contributed by atoms with Gasteiger partial charge in [-0.15, -0.1) is 0 Å². The van der Waals surface area contributed by atoms with Crippen molar-refractivity contribution in [1.82, 2.24) is 0 Å². The third-order valence-electron chi connectivity index (χ3n) is 2.09. The predicted molar refractivity (Wildman–Crippen MR) is 50.7 cm³/mol. The molecule has 0 aliphatic heterocycles. The molecule has 0 spiro atoms. The maximum Gasteiger partial charge on any atom is 0.100 e. The van der Waals surface area contributed by atoms with Crippen LogP contribution in [0.15, 0.2) is 0 Å². The lowest BCUT2D eigenvalue weighted by molar-refractivity contribution is 0.0450. The third kappa shape index (κ3) is 7.23. The molecule has 1 aliphatic rings. The molecule has 0 atom stereocenters. The molecule has 1 fully saturated rings. The van der Waals surface area contributed by atoms with Crippen LogP contribution in [0.5, 0.6) is 0 Å². The Bertz CT molecular complexity index is 108. The smallest absolute Gasteiger partial charge is 0.100 e. The van der Waals surface area contributed by atoms with Crippen molar-refractivity contribution in [3.63, 3.8) is 0 Å². The summed E-state index contributed by atoms with van der Waals surface area (Å²) in [5.74, 6) is 0. The first kappa shape index (κ1) is 13.8. The SMILES string of the molecule is OC1CCC(O)CC1.OCC(O)CO. The number of aliphatic hydroxyl groups is 5. The van der Waals surface area contributed by atoms with Crippen molar-refractivity contribution in [2.75, 3.05) is 13.2 Å². The molecule has 0 aromatic heterocycles. The summed E-state index contributed by atoms with van der Waals surface area (Å²) in [6.45, 7) is -0.729. The quantitative estimate of drug-likeness (QED) is 0.385. The van der Waals surface area contributed by atoms with Gasteiger partial charge in [0.25, 0.3) is 0 Å². The van der Waals surface area contributed by atoms with E-state index in [2.05, 4.69) is 0 Å². The summed E-state index contributed by atoms with van der Waals surface area (Å²) < 4.78 is 0. The van der Waals surface area contributed by atoms with Crippen molar-refractivity contribution < 1.29 is 25.5 Å². The molecule has 5 N–H and O–H groups in total. The summed E-state index contributed by atoms with van der Waals surface area (Å²) in [5.41, 5.74) is 0. The molecule has 1 saturated carbocycles. The molecule has 14 heavy (non-hydrogen) atoms. The van der Waals surface area contributed by atoms with Crippen molar-refractivity contribution in [2.24, 2.45) is 0 Å². The molecule has 0 bridgehead atoms. The summed E-state index contributed by atoms with van der Waals surface area (Å²) in [6, 6.07) is 0. The van der Waals surface area contributed by atoms with Gasteiger partial charge in [0.15, 0.2) is 0 Å². The largest absolute Gasteiger partial charge is 0.394 e. The maximum atomic E-state index is 8.92. The van der Waals surface area contributed by atoms with Gasteiger partial charge in [0.05, 0.1) is 25.4 Å². The summed E-state index contributed by atoms with van der Waals surface area (Å²) in [7, 11) is 0. The Kier molecular flexibility index (Phi) is 8.02. The van der Waals surface area contributed by atoms with Gasteiger partial charge in [-0.05, 0) is 25.7 Å². The average Bonchev–Trinajstić information content (AvgIpc) is 2.22. The van der Waals surface area contributed by atoms with Gasteiger partial charge in [-0.3, -0.25) is 0 Å². The highest BCUT2D eigenvalue weighted by Gasteiger charge is 2.15. The van der Waals surface area contributed by atoms with Crippen LogP contribution in [0.4, 0.5) is 0 Å². The molecule has 1 rings (SSSR count). The first-order valence-electron chi connectivity index (χ1n) is 4.86. The van der Waals surface area contributed by atoms with E-state index < -0.39 is 6.10 Å². The lowest BCUT2D eigenvalue weighted by Gasteiger charge is -2.20. The van der Waals surface area contributed by atoms with Gasteiger partial charge in [-0.1, -0.05) is 0 Å². The second kappa shape index (κ2) is 8.14. The van der Waals surface area contributed by atoms with Gasteiger partial charge < -0.3 is 25.5 Å². The predicted octanol–water partition coefficient (Wildman–Crippen LogP) is -1.39. The van der Waals surface area contributed by atoms with Crippen molar-refractivity contribution in [1.29, 1.82) is 0 Å². The molecule has 0 saturated heterocycles. The maximum absolute atomic E-state index is 8.92. The standard InChI is InChI=1S/C6H12O2.C3H8O3/c7-5-1-2-6(8)4-3-5;4-1-3(6)2-5/h5-8H,1-4H2;3-6H,1-2H2. The molecule has 0 unspecified atom stereocenters. The van der Waals surface area contributed by atoms with Crippen LogP contribution < -0.4 is 0 Å². The highest BCUT2D eigenvalue weighted by Crippen LogP contribution is 2.17. The Hall–Kier alpha value is -0.200. The lowest BCUT2D eigenvalue weighted by Crippen LogP contribution is -2.21. The zero-order valence-electron chi connectivity index (χ0n) is 8.21. The van der Waals surface area contributed by atoms with Gasteiger partial charge in [0.2, 0.25) is 0 Å². The minimum absolute atomic E-state index is 0.140. The molecule has 0 aromatic carbocycles.